The zero-order valence-corrected chi connectivity index (χ0v) is 23.9. The third-order valence-electron chi connectivity index (χ3n) is 7.16. The molecule has 7 heteroatoms. The van der Waals surface area contributed by atoms with E-state index in [1.54, 1.807) is 23.1 Å². The fourth-order valence-corrected chi connectivity index (χ4v) is 5.70. The molecule has 1 heterocycles. The van der Waals surface area contributed by atoms with E-state index in [-0.39, 0.29) is 36.1 Å². The number of carbonyl (C=O) groups is 2. The molecule has 202 valence electrons. The van der Waals surface area contributed by atoms with Crippen LogP contribution in [0.5, 0.6) is 0 Å². The summed E-state index contributed by atoms with van der Waals surface area (Å²) in [6.45, 7) is 5.77. The Kier molecular flexibility index (Phi) is 9.78. The van der Waals surface area contributed by atoms with Crippen molar-refractivity contribution < 1.29 is 14.0 Å². The number of benzene rings is 2. The van der Waals surface area contributed by atoms with E-state index in [4.69, 9.17) is 0 Å². The molecule has 1 aliphatic rings. The summed E-state index contributed by atoms with van der Waals surface area (Å²) in [4.78, 5) is 31.2. The highest BCUT2D eigenvalue weighted by atomic mass is 79.9. The minimum Gasteiger partial charge on any atom is -0.345 e. The topological polar surface area (TPSA) is 45.6 Å². The highest BCUT2D eigenvalue weighted by molar-refractivity contribution is 9.10. The highest BCUT2D eigenvalue weighted by Gasteiger charge is 2.29. The van der Waals surface area contributed by atoms with Gasteiger partial charge in [0.05, 0.1) is 12.1 Å². The van der Waals surface area contributed by atoms with Crippen molar-refractivity contribution in [3.05, 3.63) is 94.0 Å². The van der Waals surface area contributed by atoms with Crippen molar-refractivity contribution in [1.82, 2.24) is 14.4 Å². The van der Waals surface area contributed by atoms with Gasteiger partial charge in [-0.2, -0.15) is 0 Å². The first-order valence-electron chi connectivity index (χ1n) is 13.5. The predicted molar refractivity (Wildman–Crippen MR) is 152 cm³/mol. The van der Waals surface area contributed by atoms with Crippen LogP contribution in [0.25, 0.3) is 0 Å². The van der Waals surface area contributed by atoms with Crippen molar-refractivity contribution in [3.8, 4) is 0 Å². The number of hydrogen-bond donors (Lipinski definition) is 0. The second kappa shape index (κ2) is 13.2. The maximum Gasteiger partial charge on any atom is 0.255 e. The lowest BCUT2D eigenvalue weighted by atomic mass is 9.94. The van der Waals surface area contributed by atoms with Crippen molar-refractivity contribution in [1.29, 1.82) is 0 Å². The number of carbonyl (C=O) groups excluding carboxylic acids is 2. The third-order valence-corrected chi connectivity index (χ3v) is 7.85. The fourth-order valence-electron chi connectivity index (χ4n) is 5.24. The van der Waals surface area contributed by atoms with Crippen molar-refractivity contribution in [2.45, 2.75) is 65.1 Å². The SMILES string of the molecule is CC(C)CN(CC(=O)N(Cc1cccn1Cc1ccc(F)cc1)C1CCCCC1)C(=O)c1ccccc1Br. The molecule has 0 spiro atoms. The van der Waals surface area contributed by atoms with Crippen LogP contribution in [0.4, 0.5) is 4.39 Å². The van der Waals surface area contributed by atoms with Crippen molar-refractivity contribution in [2.24, 2.45) is 5.92 Å². The molecule has 4 rings (SSSR count). The molecule has 2 aromatic carbocycles. The summed E-state index contributed by atoms with van der Waals surface area (Å²) >= 11 is 3.50. The number of hydrogen-bond acceptors (Lipinski definition) is 2. The second-order valence-electron chi connectivity index (χ2n) is 10.6. The van der Waals surface area contributed by atoms with Crippen LogP contribution in [0.3, 0.4) is 0 Å². The molecule has 1 saturated carbocycles. The average molecular weight is 583 g/mol. The van der Waals surface area contributed by atoms with E-state index < -0.39 is 0 Å². The molecule has 0 radical (unpaired) electrons. The molecule has 0 atom stereocenters. The van der Waals surface area contributed by atoms with E-state index in [9.17, 15) is 14.0 Å². The van der Waals surface area contributed by atoms with Gasteiger partial charge in [0.25, 0.3) is 5.91 Å². The molecule has 1 fully saturated rings. The normalized spacial score (nSPS) is 14.0. The lowest BCUT2D eigenvalue weighted by Crippen LogP contribution is -2.48. The quantitative estimate of drug-likeness (QED) is 0.261. The maximum absolute atomic E-state index is 14.0. The van der Waals surface area contributed by atoms with Crippen LogP contribution in [0.2, 0.25) is 0 Å². The highest BCUT2D eigenvalue weighted by Crippen LogP contribution is 2.26. The standard InChI is InChI=1S/C31H37BrFN3O2/c1-23(2)19-35(31(38)28-12-6-7-13-29(28)32)22-30(37)36(26-9-4-3-5-10-26)21-27-11-8-18-34(27)20-24-14-16-25(33)17-15-24/h6-8,11-18,23,26H,3-5,9-10,19-22H2,1-2H3. The maximum atomic E-state index is 14.0. The molecule has 0 saturated heterocycles. The molecule has 5 nitrogen and oxygen atoms in total. The van der Waals surface area contributed by atoms with Crippen LogP contribution in [0.15, 0.2) is 71.3 Å². The van der Waals surface area contributed by atoms with Gasteiger partial charge in [-0.25, -0.2) is 4.39 Å². The minimum absolute atomic E-state index is 0.0208. The number of amides is 2. The zero-order chi connectivity index (χ0) is 27.1. The van der Waals surface area contributed by atoms with E-state index in [1.165, 1.54) is 18.6 Å². The predicted octanol–water partition coefficient (Wildman–Crippen LogP) is 6.90. The molecule has 1 aliphatic carbocycles. The average Bonchev–Trinajstić information content (AvgIpc) is 3.34. The number of nitrogens with zero attached hydrogens (tertiary/aromatic N) is 3. The van der Waals surface area contributed by atoms with Crippen molar-refractivity contribution >= 4 is 27.7 Å². The van der Waals surface area contributed by atoms with Gasteiger partial charge in [0.2, 0.25) is 5.91 Å². The molecule has 38 heavy (non-hydrogen) atoms. The number of rotatable bonds is 10. The lowest BCUT2D eigenvalue weighted by molar-refractivity contribution is -0.135. The lowest BCUT2D eigenvalue weighted by Gasteiger charge is -2.36. The largest absolute Gasteiger partial charge is 0.345 e. The van der Waals surface area contributed by atoms with Crippen molar-refractivity contribution in [3.63, 3.8) is 0 Å². The van der Waals surface area contributed by atoms with E-state index in [0.29, 0.717) is 25.2 Å². The molecule has 0 bridgehead atoms. The van der Waals surface area contributed by atoms with Gasteiger partial charge in [-0.3, -0.25) is 9.59 Å². The molecule has 0 unspecified atom stereocenters. The number of aromatic nitrogens is 1. The van der Waals surface area contributed by atoms with Gasteiger partial charge in [-0.15, -0.1) is 0 Å². The van der Waals surface area contributed by atoms with Gasteiger partial charge >= 0.3 is 0 Å². The molecule has 0 aliphatic heterocycles. The fraction of sp³-hybridized carbons (Fsp3) is 0.419. The molecule has 2 amide bonds. The zero-order valence-electron chi connectivity index (χ0n) is 22.3. The summed E-state index contributed by atoms with van der Waals surface area (Å²) in [6, 6.07) is 18.1. The molecule has 1 aromatic heterocycles. The van der Waals surface area contributed by atoms with Crippen LogP contribution >= 0.6 is 15.9 Å². The van der Waals surface area contributed by atoms with Gasteiger partial charge < -0.3 is 14.4 Å². The second-order valence-corrected chi connectivity index (χ2v) is 11.5. The summed E-state index contributed by atoms with van der Waals surface area (Å²) < 4.78 is 16.3. The third kappa shape index (κ3) is 7.34. The first-order valence-corrected chi connectivity index (χ1v) is 14.3. The van der Waals surface area contributed by atoms with E-state index >= 15 is 0 Å². The number of halogens is 2. The Morgan fingerprint density at radius 2 is 1.71 bits per heavy atom. The Morgan fingerprint density at radius 1 is 1.00 bits per heavy atom. The Labute approximate surface area is 233 Å². The van der Waals surface area contributed by atoms with Crippen LogP contribution in [-0.4, -0.2) is 45.3 Å². The molecular weight excluding hydrogens is 545 g/mol. The van der Waals surface area contributed by atoms with Gasteiger partial charge in [-0.05, 0) is 76.7 Å². The van der Waals surface area contributed by atoms with Crippen LogP contribution in [0.1, 0.15) is 67.6 Å². The summed E-state index contributed by atoms with van der Waals surface area (Å²) in [5.74, 6) is -0.181. The molecule has 3 aromatic rings. The van der Waals surface area contributed by atoms with E-state index in [2.05, 4.69) is 34.3 Å². The van der Waals surface area contributed by atoms with E-state index in [1.807, 2.05) is 41.4 Å². The first kappa shape index (κ1) is 28.1. The van der Waals surface area contributed by atoms with Crippen LogP contribution < -0.4 is 0 Å². The minimum atomic E-state index is -0.251. The monoisotopic (exact) mass is 581 g/mol. The van der Waals surface area contributed by atoms with Crippen LogP contribution in [0, 0.1) is 11.7 Å². The summed E-state index contributed by atoms with van der Waals surface area (Å²) in [6.07, 6.45) is 7.37. The van der Waals surface area contributed by atoms with Crippen LogP contribution in [-0.2, 0) is 17.9 Å². The first-order chi connectivity index (χ1) is 18.3. The summed E-state index contributed by atoms with van der Waals surface area (Å²) in [7, 11) is 0. The smallest absolute Gasteiger partial charge is 0.255 e. The Bertz CT molecular complexity index is 1220. The summed E-state index contributed by atoms with van der Waals surface area (Å²) in [5, 5.41) is 0. The van der Waals surface area contributed by atoms with E-state index in [0.717, 1.165) is 41.4 Å². The summed E-state index contributed by atoms with van der Waals surface area (Å²) in [5.41, 5.74) is 2.60. The van der Waals surface area contributed by atoms with Gasteiger partial charge in [0, 0.05) is 35.5 Å². The van der Waals surface area contributed by atoms with Gasteiger partial charge in [-0.1, -0.05) is 57.4 Å². The van der Waals surface area contributed by atoms with Gasteiger partial charge in [0.1, 0.15) is 12.4 Å². The Morgan fingerprint density at radius 3 is 2.39 bits per heavy atom. The molecular formula is C31H37BrFN3O2. The van der Waals surface area contributed by atoms with Crippen molar-refractivity contribution in [2.75, 3.05) is 13.1 Å². The Hall–Kier alpha value is -2.93. The van der Waals surface area contributed by atoms with Gasteiger partial charge in [0.15, 0.2) is 0 Å². The molecule has 0 N–H and O–H groups in total. The Balaban J connectivity index is 1.56.